The van der Waals surface area contributed by atoms with Gasteiger partial charge in [0.15, 0.2) is 5.84 Å². The molecule has 64 heavy (non-hydrogen) atoms. The smallest absolute Gasteiger partial charge is 0.162 e. The molecule has 0 saturated heterocycles. The fraction of sp³-hybridized carbons (Fsp3) is 0.0169. The lowest BCUT2D eigenvalue weighted by Crippen LogP contribution is -2.09. The van der Waals surface area contributed by atoms with Crippen LogP contribution in [0.4, 0.5) is 0 Å². The van der Waals surface area contributed by atoms with Gasteiger partial charge in [0.1, 0.15) is 11.2 Å². The van der Waals surface area contributed by atoms with Crippen LogP contribution >= 0.6 is 11.3 Å². The molecular weight excluding hydrogens is 799 g/mol. The van der Waals surface area contributed by atoms with Crippen molar-refractivity contribution in [2.24, 2.45) is 9.98 Å². The van der Waals surface area contributed by atoms with E-state index in [0.29, 0.717) is 12.3 Å². The summed E-state index contributed by atoms with van der Waals surface area (Å²) in [5, 5.41) is 14.4. The number of hydrogen-bond acceptors (Lipinski definition) is 4. The number of fused-ring (bicyclic) bond motifs is 13. The minimum atomic E-state index is 0.602. The number of furan rings is 1. The fourth-order valence-corrected chi connectivity index (χ4v) is 11.4. The van der Waals surface area contributed by atoms with Crippen LogP contribution in [-0.4, -0.2) is 16.1 Å². The molecule has 14 rings (SSSR count). The largest absolute Gasteiger partial charge is 0.456 e. The molecule has 0 N–H and O–H groups in total. The summed E-state index contributed by atoms with van der Waals surface area (Å²) in [5.74, 6) is 0.667. The summed E-state index contributed by atoms with van der Waals surface area (Å²) in [6.45, 7) is 0. The third kappa shape index (κ3) is 5.41. The highest BCUT2D eigenvalue weighted by molar-refractivity contribution is 7.26. The maximum absolute atomic E-state index is 6.44. The molecule has 4 heterocycles. The van der Waals surface area contributed by atoms with E-state index in [-0.39, 0.29) is 0 Å². The summed E-state index contributed by atoms with van der Waals surface area (Å²) in [7, 11) is 0. The molecule has 1 aliphatic heterocycles. The molecule has 0 fully saturated rings. The first-order chi connectivity index (χ1) is 31.7. The van der Waals surface area contributed by atoms with Crippen LogP contribution in [0.25, 0.3) is 108 Å². The number of benzene rings is 10. The third-order valence-electron chi connectivity index (χ3n) is 13.2. The average molecular weight is 834 g/mol. The number of aromatic nitrogens is 1. The normalized spacial score (nSPS) is 13.5. The van der Waals surface area contributed by atoms with Gasteiger partial charge in [-0.1, -0.05) is 146 Å². The molecule has 298 valence electrons. The Balaban J connectivity index is 1.08. The Hall–Kier alpha value is -8.12. The molecule has 4 nitrogen and oxygen atoms in total. The highest BCUT2D eigenvalue weighted by Gasteiger charge is 2.24. The van der Waals surface area contributed by atoms with Gasteiger partial charge >= 0.3 is 0 Å². The number of amidine groups is 1. The Morgan fingerprint density at radius 3 is 1.98 bits per heavy atom. The highest BCUT2D eigenvalue weighted by Crippen LogP contribution is 2.43. The van der Waals surface area contributed by atoms with E-state index in [0.717, 1.165) is 66.8 Å². The van der Waals surface area contributed by atoms with E-state index < -0.39 is 0 Å². The molecule has 5 heteroatoms. The topological polar surface area (TPSA) is 42.8 Å². The van der Waals surface area contributed by atoms with Gasteiger partial charge in [-0.2, -0.15) is 0 Å². The van der Waals surface area contributed by atoms with Crippen molar-refractivity contribution in [3.05, 3.63) is 217 Å². The number of hydrogen-bond donors (Lipinski definition) is 0. The van der Waals surface area contributed by atoms with Gasteiger partial charge in [-0.3, -0.25) is 0 Å². The van der Waals surface area contributed by atoms with Gasteiger partial charge in [0.05, 0.1) is 28.1 Å². The second-order valence-electron chi connectivity index (χ2n) is 16.9. The van der Waals surface area contributed by atoms with Gasteiger partial charge in [-0.05, 0) is 92.5 Å². The lowest BCUT2D eigenvalue weighted by atomic mass is 10.0. The average Bonchev–Trinajstić information content (AvgIpc) is 3.95. The van der Waals surface area contributed by atoms with Crippen molar-refractivity contribution in [3.8, 4) is 5.69 Å². The van der Waals surface area contributed by atoms with Crippen LogP contribution in [0.2, 0.25) is 0 Å². The molecule has 0 radical (unpaired) electrons. The fourth-order valence-electron chi connectivity index (χ4n) is 10.1. The van der Waals surface area contributed by atoms with E-state index in [4.69, 9.17) is 14.4 Å². The Labute approximate surface area is 371 Å². The van der Waals surface area contributed by atoms with Crippen LogP contribution in [0.1, 0.15) is 23.1 Å². The van der Waals surface area contributed by atoms with E-state index in [1.807, 2.05) is 23.5 Å². The quantitative estimate of drug-likeness (QED) is 0.174. The minimum absolute atomic E-state index is 0.602. The molecule has 0 bridgehead atoms. The van der Waals surface area contributed by atoms with Crippen LogP contribution in [0.3, 0.4) is 0 Å². The second-order valence-corrected chi connectivity index (χ2v) is 17.9. The molecule has 3 aromatic heterocycles. The van der Waals surface area contributed by atoms with Gasteiger partial charge in [0.25, 0.3) is 0 Å². The number of nitrogens with zero attached hydrogens (tertiary/aromatic N) is 3. The first kappa shape index (κ1) is 35.5. The first-order valence-corrected chi connectivity index (χ1v) is 22.6. The first-order valence-electron chi connectivity index (χ1n) is 21.8. The van der Waals surface area contributed by atoms with Crippen molar-refractivity contribution in [3.63, 3.8) is 0 Å². The lowest BCUT2D eigenvalue weighted by molar-refractivity contribution is 0.669. The minimum Gasteiger partial charge on any atom is -0.456 e. The van der Waals surface area contributed by atoms with Crippen molar-refractivity contribution < 1.29 is 4.42 Å². The van der Waals surface area contributed by atoms with Crippen LogP contribution in [0.5, 0.6) is 0 Å². The summed E-state index contributed by atoms with van der Waals surface area (Å²) in [6, 6.07) is 70.1. The number of allylic oxidation sites excluding steroid dienone is 1. The molecule has 13 aromatic rings. The zero-order valence-corrected chi connectivity index (χ0v) is 35.2. The van der Waals surface area contributed by atoms with E-state index in [1.54, 1.807) is 0 Å². The van der Waals surface area contributed by atoms with Gasteiger partial charge in [-0.25, -0.2) is 9.98 Å². The zero-order valence-electron chi connectivity index (χ0n) is 34.4. The maximum atomic E-state index is 6.44. The Bertz CT molecular complexity index is 4230. The third-order valence-corrected chi connectivity index (χ3v) is 14.4. The molecular formula is C59H35N3OS. The van der Waals surface area contributed by atoms with Gasteiger partial charge < -0.3 is 8.98 Å². The molecule has 0 aliphatic carbocycles. The van der Waals surface area contributed by atoms with E-state index in [1.165, 1.54) is 63.3 Å². The summed E-state index contributed by atoms with van der Waals surface area (Å²) in [4.78, 5) is 11.3. The lowest BCUT2D eigenvalue weighted by Gasteiger charge is -2.16. The second kappa shape index (κ2) is 13.7. The summed E-state index contributed by atoms with van der Waals surface area (Å²) < 4.78 is 11.4. The van der Waals surface area contributed by atoms with E-state index in [2.05, 4.69) is 193 Å². The molecule has 0 saturated carbocycles. The van der Waals surface area contributed by atoms with Crippen LogP contribution in [0.15, 0.2) is 215 Å². The molecule has 1 aliphatic rings. The van der Waals surface area contributed by atoms with Crippen LogP contribution in [-0.2, 0) is 0 Å². The van der Waals surface area contributed by atoms with Crippen LogP contribution < -0.4 is 0 Å². The van der Waals surface area contributed by atoms with Gasteiger partial charge in [-0.15, -0.1) is 11.3 Å². The Kier molecular flexibility index (Phi) is 7.59. The summed E-state index contributed by atoms with van der Waals surface area (Å²) in [6.07, 6.45) is 2.84. The maximum Gasteiger partial charge on any atom is 0.162 e. The molecule has 0 spiro atoms. The molecule has 0 atom stereocenters. The molecule has 10 aromatic carbocycles. The van der Waals surface area contributed by atoms with Crippen molar-refractivity contribution in [2.45, 2.75) is 6.42 Å². The monoisotopic (exact) mass is 833 g/mol. The number of para-hydroxylation sites is 2. The van der Waals surface area contributed by atoms with Gasteiger partial charge in [0, 0.05) is 59.3 Å². The van der Waals surface area contributed by atoms with Crippen molar-refractivity contribution in [2.75, 3.05) is 0 Å². The predicted molar refractivity (Wildman–Crippen MR) is 272 cm³/mol. The zero-order chi connectivity index (χ0) is 41.9. The Morgan fingerprint density at radius 2 is 1.11 bits per heavy atom. The standard InChI is InChI=1S/C59H35N3OS/c1-2-13-37-29-40(22-21-35(37)11-1)50-27-28-51(41-24-25-45-44-18-8-10-20-55(44)63-56(45)32-41)61-59(60-50)49-33-48-46-26-23-36-12-5-6-16-42(36)58(46)64-57(48)34-54(49)62-52-19-9-7-17-43(52)47-30-38-14-3-4-15-39(38)31-53(47)62/h1-26,28-34H,27H2. The van der Waals surface area contributed by atoms with Crippen LogP contribution in [0, 0.1) is 0 Å². The van der Waals surface area contributed by atoms with Gasteiger partial charge in [0.2, 0.25) is 0 Å². The number of thiophene rings is 1. The highest BCUT2D eigenvalue weighted by atomic mass is 32.1. The van der Waals surface area contributed by atoms with Crippen molar-refractivity contribution in [1.82, 2.24) is 4.57 Å². The molecule has 0 unspecified atom stereocenters. The Morgan fingerprint density at radius 1 is 0.438 bits per heavy atom. The van der Waals surface area contributed by atoms with Crippen molar-refractivity contribution >= 4 is 125 Å². The number of rotatable bonds is 4. The summed E-state index contributed by atoms with van der Waals surface area (Å²) >= 11 is 1.86. The SMILES string of the molecule is C1=C(c2ccc3c(c2)oc2ccccc23)N=C(c2cc3c(cc2-n2c4ccccc4c4cc5ccccc5cc42)sc2c4ccccc4ccc32)N=C(c2ccc3ccccc3c2)C1. The number of aliphatic imine (C=N–C) groups is 2. The van der Waals surface area contributed by atoms with Crippen molar-refractivity contribution in [1.29, 1.82) is 0 Å². The summed E-state index contributed by atoms with van der Waals surface area (Å²) in [5.41, 5.74) is 9.89. The van der Waals surface area contributed by atoms with E-state index in [9.17, 15) is 0 Å². The van der Waals surface area contributed by atoms with E-state index >= 15 is 0 Å². The predicted octanol–water partition coefficient (Wildman–Crippen LogP) is 16.2. The molecule has 0 amide bonds.